The lowest BCUT2D eigenvalue weighted by Crippen LogP contribution is -2.55. The number of amides is 1. The van der Waals surface area contributed by atoms with Gasteiger partial charge in [0.15, 0.2) is 0 Å². The summed E-state index contributed by atoms with van der Waals surface area (Å²) >= 11 is 1.40. The van der Waals surface area contributed by atoms with Crippen LogP contribution in [0.2, 0.25) is 0 Å². The number of anilines is 1. The number of nitrogens with zero attached hydrogens (tertiary/aromatic N) is 1. The van der Waals surface area contributed by atoms with E-state index in [2.05, 4.69) is 10.6 Å². The number of carboxylic acids is 2. The second-order valence-corrected chi connectivity index (χ2v) is 9.18. The Kier molecular flexibility index (Phi) is 9.34. The van der Waals surface area contributed by atoms with Gasteiger partial charge in [-0.25, -0.2) is 0 Å². The Morgan fingerprint density at radius 2 is 2.00 bits per heavy atom. The van der Waals surface area contributed by atoms with Crippen LogP contribution in [0.1, 0.15) is 25.7 Å². The molecule has 9 nitrogen and oxygen atoms in total. The van der Waals surface area contributed by atoms with Crippen LogP contribution in [0.5, 0.6) is 0 Å². The number of thioether (sulfide) groups is 1. The summed E-state index contributed by atoms with van der Waals surface area (Å²) in [5.41, 5.74) is 0.523. The fraction of sp³-hybridized carbons (Fsp3) is 0.591. The Balaban J connectivity index is 1.55. The molecule has 4 N–H and O–H groups in total. The van der Waals surface area contributed by atoms with Crippen LogP contribution < -0.4 is 15.5 Å². The van der Waals surface area contributed by atoms with Crippen molar-refractivity contribution in [1.82, 2.24) is 10.6 Å². The predicted octanol–water partition coefficient (Wildman–Crippen LogP) is 1.42. The van der Waals surface area contributed by atoms with E-state index >= 15 is 0 Å². The Bertz CT molecular complexity index is 802. The van der Waals surface area contributed by atoms with Crippen molar-refractivity contribution in [1.29, 1.82) is 0 Å². The Labute approximate surface area is 191 Å². The zero-order valence-electron chi connectivity index (χ0n) is 18.0. The molecule has 0 saturated carbocycles. The molecule has 0 aromatic heterocycles. The number of nitrogens with one attached hydrogen (secondary N) is 2. The first-order valence-corrected chi connectivity index (χ1v) is 12.0. The lowest BCUT2D eigenvalue weighted by Gasteiger charge is -2.26. The first-order valence-electron chi connectivity index (χ1n) is 11.0. The van der Waals surface area contributed by atoms with E-state index in [0.29, 0.717) is 24.0 Å². The molecule has 3 rings (SSSR count). The number of piperidine rings is 1. The van der Waals surface area contributed by atoms with Gasteiger partial charge in [0.05, 0.1) is 18.3 Å². The maximum Gasteiger partial charge on any atom is 0.323 e. The average Bonchev–Trinajstić information content (AvgIpc) is 2.90. The molecule has 1 saturated heterocycles. The highest BCUT2D eigenvalue weighted by atomic mass is 32.2. The number of hydrogen-bond donors (Lipinski definition) is 4. The van der Waals surface area contributed by atoms with Gasteiger partial charge in [0, 0.05) is 17.3 Å². The SMILES string of the molecule is O=C(O)CN1C(=O)[C@@H](N[C@@H](COCCCC2CCNCC2)C(=O)O)CSc2ccccc21. The standard InChI is InChI=1S/C22H31N3O6S/c26-20(27)12-25-18-5-1-2-6-19(18)32-14-17(21(25)28)24-16(22(29)30)13-31-11-3-4-15-7-9-23-10-8-15/h1-2,5-6,15-17,23-24H,3-4,7-14H2,(H,26,27)(H,29,30)/t16-,17-/m0/s1. The van der Waals surface area contributed by atoms with E-state index in [1.54, 1.807) is 12.1 Å². The molecule has 0 aliphatic carbocycles. The molecule has 10 heteroatoms. The molecular weight excluding hydrogens is 434 g/mol. The van der Waals surface area contributed by atoms with Gasteiger partial charge in [-0.15, -0.1) is 11.8 Å². The Morgan fingerprint density at radius 1 is 1.25 bits per heavy atom. The summed E-state index contributed by atoms with van der Waals surface area (Å²) in [6.45, 7) is 2.03. The third kappa shape index (κ3) is 6.93. The number of rotatable bonds is 11. The van der Waals surface area contributed by atoms with E-state index in [1.807, 2.05) is 12.1 Å². The molecular formula is C22H31N3O6S. The third-order valence-corrected chi connectivity index (χ3v) is 6.92. The zero-order valence-corrected chi connectivity index (χ0v) is 18.8. The van der Waals surface area contributed by atoms with Crippen molar-refractivity contribution < 1.29 is 29.3 Å². The summed E-state index contributed by atoms with van der Waals surface area (Å²) in [7, 11) is 0. The van der Waals surface area contributed by atoms with Crippen molar-refractivity contribution in [3.63, 3.8) is 0 Å². The summed E-state index contributed by atoms with van der Waals surface area (Å²) in [6.07, 6.45) is 4.26. The molecule has 2 heterocycles. The minimum atomic E-state index is -1.13. The topological polar surface area (TPSA) is 128 Å². The van der Waals surface area contributed by atoms with Crippen molar-refractivity contribution in [3.05, 3.63) is 24.3 Å². The Hall–Kier alpha value is -2.14. The third-order valence-electron chi connectivity index (χ3n) is 5.76. The lowest BCUT2D eigenvalue weighted by molar-refractivity contribution is -0.142. The molecule has 1 amide bonds. The number of aliphatic carboxylic acids is 2. The van der Waals surface area contributed by atoms with Crippen LogP contribution in [0.3, 0.4) is 0 Å². The highest BCUT2D eigenvalue weighted by Crippen LogP contribution is 2.34. The van der Waals surface area contributed by atoms with Crippen LogP contribution >= 0.6 is 11.8 Å². The fourth-order valence-corrected chi connectivity index (χ4v) is 5.14. The first-order chi connectivity index (χ1) is 15.5. The summed E-state index contributed by atoms with van der Waals surface area (Å²) in [5.74, 6) is -1.71. The van der Waals surface area contributed by atoms with Crippen molar-refractivity contribution in [2.24, 2.45) is 5.92 Å². The Morgan fingerprint density at radius 3 is 2.72 bits per heavy atom. The van der Waals surface area contributed by atoms with E-state index in [1.165, 1.54) is 16.7 Å². The number of hydrogen-bond acceptors (Lipinski definition) is 7. The predicted molar refractivity (Wildman–Crippen MR) is 121 cm³/mol. The second kappa shape index (κ2) is 12.2. The quantitative estimate of drug-likeness (QED) is 0.359. The molecule has 32 heavy (non-hydrogen) atoms. The molecule has 2 atom stereocenters. The average molecular weight is 466 g/mol. The maximum absolute atomic E-state index is 13.1. The molecule has 1 fully saturated rings. The molecule has 0 radical (unpaired) electrons. The van der Waals surface area contributed by atoms with Gasteiger partial charge in [-0.2, -0.15) is 0 Å². The molecule has 1 aromatic carbocycles. The van der Waals surface area contributed by atoms with Crippen LogP contribution in [0.4, 0.5) is 5.69 Å². The van der Waals surface area contributed by atoms with E-state index in [-0.39, 0.29) is 6.61 Å². The maximum atomic E-state index is 13.1. The van der Waals surface area contributed by atoms with Gasteiger partial charge in [-0.1, -0.05) is 12.1 Å². The van der Waals surface area contributed by atoms with Gasteiger partial charge in [0.25, 0.3) is 0 Å². The van der Waals surface area contributed by atoms with Gasteiger partial charge >= 0.3 is 11.9 Å². The monoisotopic (exact) mass is 465 g/mol. The summed E-state index contributed by atoms with van der Waals surface area (Å²) in [6, 6.07) is 5.19. The number of carbonyl (C=O) groups excluding carboxylic acids is 1. The molecule has 0 spiro atoms. The van der Waals surface area contributed by atoms with E-state index in [9.17, 15) is 24.6 Å². The van der Waals surface area contributed by atoms with E-state index < -0.39 is 36.5 Å². The van der Waals surface area contributed by atoms with Crippen molar-refractivity contribution in [2.75, 3.05) is 43.5 Å². The molecule has 0 unspecified atom stereocenters. The molecule has 1 aromatic rings. The first kappa shape index (κ1) is 24.5. The lowest BCUT2D eigenvalue weighted by atomic mass is 9.93. The van der Waals surface area contributed by atoms with Crippen molar-refractivity contribution in [3.8, 4) is 0 Å². The summed E-state index contributed by atoms with van der Waals surface area (Å²) < 4.78 is 5.62. The summed E-state index contributed by atoms with van der Waals surface area (Å²) in [5, 5.41) is 25.1. The normalized spacial score (nSPS) is 20.4. The van der Waals surface area contributed by atoms with Crippen LogP contribution in [-0.4, -0.2) is 78.7 Å². The van der Waals surface area contributed by atoms with Crippen LogP contribution in [-0.2, 0) is 19.1 Å². The minimum Gasteiger partial charge on any atom is -0.480 e. The smallest absolute Gasteiger partial charge is 0.323 e. The summed E-state index contributed by atoms with van der Waals surface area (Å²) in [4.78, 5) is 38.2. The molecule has 0 bridgehead atoms. The largest absolute Gasteiger partial charge is 0.480 e. The van der Waals surface area contributed by atoms with Crippen LogP contribution in [0.15, 0.2) is 29.2 Å². The highest BCUT2D eigenvalue weighted by molar-refractivity contribution is 7.99. The van der Waals surface area contributed by atoms with Gasteiger partial charge in [0.2, 0.25) is 5.91 Å². The van der Waals surface area contributed by atoms with Gasteiger partial charge < -0.3 is 20.3 Å². The van der Waals surface area contributed by atoms with Gasteiger partial charge in [-0.05, 0) is 56.8 Å². The van der Waals surface area contributed by atoms with Gasteiger partial charge in [-0.3, -0.25) is 24.6 Å². The zero-order chi connectivity index (χ0) is 22.9. The van der Waals surface area contributed by atoms with E-state index in [0.717, 1.165) is 43.7 Å². The van der Waals surface area contributed by atoms with Crippen molar-refractivity contribution in [2.45, 2.75) is 42.7 Å². The number of fused-ring (bicyclic) bond motifs is 1. The highest BCUT2D eigenvalue weighted by Gasteiger charge is 2.34. The molecule has 2 aliphatic rings. The van der Waals surface area contributed by atoms with Crippen molar-refractivity contribution >= 4 is 35.3 Å². The minimum absolute atomic E-state index is 0.0537. The number of para-hydroxylation sites is 1. The van der Waals surface area contributed by atoms with E-state index in [4.69, 9.17) is 4.74 Å². The fourth-order valence-electron chi connectivity index (χ4n) is 4.05. The molecule has 2 aliphatic heterocycles. The van der Waals surface area contributed by atoms with Gasteiger partial charge in [0.1, 0.15) is 12.6 Å². The molecule has 176 valence electrons. The van der Waals surface area contributed by atoms with Crippen LogP contribution in [0.25, 0.3) is 0 Å². The second-order valence-electron chi connectivity index (χ2n) is 8.12. The number of benzene rings is 1. The number of carbonyl (C=O) groups is 3. The number of carboxylic acid groups (broad SMARTS) is 2. The number of ether oxygens (including phenoxy) is 1. The van der Waals surface area contributed by atoms with Crippen LogP contribution in [0, 0.1) is 5.92 Å².